The minimum Gasteiger partial charge on any atom is -0.466 e. The van der Waals surface area contributed by atoms with E-state index in [1.54, 1.807) is 0 Å². The highest BCUT2D eigenvalue weighted by atomic mass is 16.5. The molecule has 1 unspecified atom stereocenters. The molecule has 0 aliphatic heterocycles. The van der Waals surface area contributed by atoms with Gasteiger partial charge in [-0.05, 0) is 32.9 Å². The lowest BCUT2D eigenvalue weighted by atomic mass is 9.94. The minimum atomic E-state index is -0.0108. The van der Waals surface area contributed by atoms with Gasteiger partial charge in [-0.25, -0.2) is 0 Å². The predicted molar refractivity (Wildman–Crippen MR) is 76.7 cm³/mol. The zero-order chi connectivity index (χ0) is 13.8. The highest BCUT2D eigenvalue weighted by Gasteiger charge is 2.13. The number of rotatable bonds is 11. The minimum absolute atomic E-state index is 0.0108. The maximum atomic E-state index is 11.7. The molecule has 0 aromatic rings. The van der Waals surface area contributed by atoms with Crippen LogP contribution in [-0.4, -0.2) is 38.1 Å². The zero-order valence-corrected chi connectivity index (χ0v) is 12.7. The van der Waals surface area contributed by atoms with Crippen LogP contribution in [0.25, 0.3) is 0 Å². The summed E-state index contributed by atoms with van der Waals surface area (Å²) in [4.78, 5) is 13.8. The van der Waals surface area contributed by atoms with Crippen LogP contribution in [0.2, 0.25) is 0 Å². The van der Waals surface area contributed by atoms with Gasteiger partial charge in [0.05, 0.1) is 6.61 Å². The Morgan fingerprint density at radius 3 is 2.39 bits per heavy atom. The van der Waals surface area contributed by atoms with Crippen molar-refractivity contribution in [2.24, 2.45) is 5.92 Å². The third-order valence-electron chi connectivity index (χ3n) is 3.13. The maximum absolute atomic E-state index is 11.7. The summed E-state index contributed by atoms with van der Waals surface area (Å²) in [6.07, 6.45) is 7.42. The van der Waals surface area contributed by atoms with Crippen LogP contribution in [0.1, 0.15) is 58.8 Å². The number of carbonyl (C=O) groups excluding carboxylic acids is 1. The van der Waals surface area contributed by atoms with Gasteiger partial charge in [0.1, 0.15) is 0 Å². The predicted octanol–water partition coefficient (Wildman–Crippen LogP) is 3.48. The number of hydrogen-bond donors (Lipinski definition) is 0. The van der Waals surface area contributed by atoms with E-state index in [9.17, 15) is 4.79 Å². The van der Waals surface area contributed by atoms with E-state index in [0.29, 0.717) is 18.9 Å². The molecule has 3 heteroatoms. The number of carbonyl (C=O) groups is 1. The maximum Gasteiger partial charge on any atom is 0.306 e. The van der Waals surface area contributed by atoms with Gasteiger partial charge in [0, 0.05) is 13.0 Å². The number of ether oxygens (including phenoxy) is 1. The normalized spacial score (nSPS) is 12.7. The molecule has 0 fully saturated rings. The fraction of sp³-hybridized carbons (Fsp3) is 0.933. The highest BCUT2D eigenvalue weighted by Crippen LogP contribution is 2.19. The fourth-order valence-electron chi connectivity index (χ4n) is 2.11. The second-order valence-electron chi connectivity index (χ2n) is 5.38. The monoisotopic (exact) mass is 257 g/mol. The van der Waals surface area contributed by atoms with Crippen LogP contribution in [-0.2, 0) is 9.53 Å². The van der Waals surface area contributed by atoms with E-state index < -0.39 is 0 Å². The molecular weight excluding hydrogens is 226 g/mol. The number of nitrogens with zero attached hydrogens (tertiary/aromatic N) is 1. The summed E-state index contributed by atoms with van der Waals surface area (Å²) in [6.45, 7) is 5.91. The van der Waals surface area contributed by atoms with Crippen LogP contribution < -0.4 is 0 Å². The smallest absolute Gasteiger partial charge is 0.306 e. The van der Waals surface area contributed by atoms with Crippen molar-refractivity contribution >= 4 is 5.97 Å². The van der Waals surface area contributed by atoms with Gasteiger partial charge in [-0.2, -0.15) is 0 Å². The molecule has 0 heterocycles. The highest BCUT2D eigenvalue weighted by molar-refractivity contribution is 5.69. The van der Waals surface area contributed by atoms with E-state index in [1.807, 2.05) is 14.1 Å². The molecule has 0 saturated carbocycles. The topological polar surface area (TPSA) is 29.5 Å². The van der Waals surface area contributed by atoms with Gasteiger partial charge in [0.25, 0.3) is 0 Å². The molecule has 0 rings (SSSR count). The SMILES string of the molecule is CCCCC(CCC)CC(=O)OCCCN(C)C. The molecular formula is C15H31NO2. The molecule has 1 atom stereocenters. The fourth-order valence-corrected chi connectivity index (χ4v) is 2.11. The summed E-state index contributed by atoms with van der Waals surface area (Å²) in [6, 6.07) is 0. The standard InChI is InChI=1S/C15H31NO2/c1-5-7-10-14(9-6-2)13-15(17)18-12-8-11-16(3)4/h14H,5-13H2,1-4H3. The molecule has 0 aromatic heterocycles. The van der Waals surface area contributed by atoms with E-state index >= 15 is 0 Å². The van der Waals surface area contributed by atoms with E-state index in [2.05, 4.69) is 18.7 Å². The summed E-state index contributed by atoms with van der Waals surface area (Å²) in [7, 11) is 4.06. The Hall–Kier alpha value is -0.570. The number of hydrogen-bond acceptors (Lipinski definition) is 3. The summed E-state index contributed by atoms with van der Waals surface area (Å²) < 4.78 is 5.28. The third-order valence-corrected chi connectivity index (χ3v) is 3.13. The zero-order valence-electron chi connectivity index (χ0n) is 12.7. The van der Waals surface area contributed by atoms with E-state index in [1.165, 1.54) is 12.8 Å². The van der Waals surface area contributed by atoms with Gasteiger partial charge in [0.2, 0.25) is 0 Å². The van der Waals surface area contributed by atoms with Crippen molar-refractivity contribution in [3.63, 3.8) is 0 Å². The first-order valence-electron chi connectivity index (χ1n) is 7.40. The van der Waals surface area contributed by atoms with E-state index in [4.69, 9.17) is 4.74 Å². The largest absolute Gasteiger partial charge is 0.466 e. The molecule has 0 spiro atoms. The Morgan fingerprint density at radius 1 is 1.11 bits per heavy atom. The average molecular weight is 257 g/mol. The molecule has 0 bridgehead atoms. The number of unbranched alkanes of at least 4 members (excludes halogenated alkanes) is 1. The second-order valence-corrected chi connectivity index (χ2v) is 5.38. The third kappa shape index (κ3) is 10.6. The summed E-state index contributed by atoms with van der Waals surface area (Å²) in [5.41, 5.74) is 0. The van der Waals surface area contributed by atoms with Gasteiger partial charge in [-0.1, -0.05) is 39.5 Å². The first-order chi connectivity index (χ1) is 8.60. The average Bonchev–Trinajstić information content (AvgIpc) is 2.31. The Balaban J connectivity index is 3.72. The molecule has 0 N–H and O–H groups in total. The van der Waals surface area contributed by atoms with Crippen LogP contribution in [0.4, 0.5) is 0 Å². The molecule has 0 aliphatic carbocycles. The Morgan fingerprint density at radius 2 is 1.83 bits per heavy atom. The molecule has 3 nitrogen and oxygen atoms in total. The van der Waals surface area contributed by atoms with Gasteiger partial charge in [-0.15, -0.1) is 0 Å². The lowest BCUT2D eigenvalue weighted by Gasteiger charge is -2.15. The molecule has 108 valence electrons. The molecule has 0 saturated heterocycles. The Kier molecular flexibility index (Phi) is 11.2. The lowest BCUT2D eigenvalue weighted by Crippen LogP contribution is -2.17. The first-order valence-corrected chi connectivity index (χ1v) is 7.40. The van der Waals surface area contributed by atoms with E-state index in [-0.39, 0.29) is 5.97 Å². The van der Waals surface area contributed by atoms with E-state index in [0.717, 1.165) is 32.2 Å². The second kappa shape index (κ2) is 11.5. The van der Waals surface area contributed by atoms with Crippen LogP contribution in [0.15, 0.2) is 0 Å². The van der Waals surface area contributed by atoms with Gasteiger partial charge in [0.15, 0.2) is 0 Å². The van der Waals surface area contributed by atoms with Crippen molar-refractivity contribution in [2.45, 2.75) is 58.8 Å². The van der Waals surface area contributed by atoms with Crippen molar-refractivity contribution in [3.05, 3.63) is 0 Å². The molecule has 0 amide bonds. The molecule has 18 heavy (non-hydrogen) atoms. The van der Waals surface area contributed by atoms with Crippen molar-refractivity contribution in [2.75, 3.05) is 27.2 Å². The van der Waals surface area contributed by atoms with Crippen LogP contribution in [0, 0.1) is 5.92 Å². The van der Waals surface area contributed by atoms with Crippen LogP contribution in [0.3, 0.4) is 0 Å². The quantitative estimate of drug-likeness (QED) is 0.419. The summed E-state index contributed by atoms with van der Waals surface area (Å²) in [5, 5.41) is 0. The van der Waals surface area contributed by atoms with Crippen molar-refractivity contribution < 1.29 is 9.53 Å². The van der Waals surface area contributed by atoms with Crippen molar-refractivity contribution in [1.82, 2.24) is 4.90 Å². The first kappa shape index (κ1) is 17.4. The molecule has 0 aliphatic rings. The van der Waals surface area contributed by atoms with Crippen LogP contribution in [0.5, 0.6) is 0 Å². The molecule has 0 aromatic carbocycles. The summed E-state index contributed by atoms with van der Waals surface area (Å²) >= 11 is 0. The molecule has 0 radical (unpaired) electrons. The van der Waals surface area contributed by atoms with Crippen molar-refractivity contribution in [3.8, 4) is 0 Å². The Bertz CT molecular complexity index is 205. The Labute approximate surface area is 113 Å². The van der Waals surface area contributed by atoms with Gasteiger partial charge >= 0.3 is 5.97 Å². The van der Waals surface area contributed by atoms with Gasteiger partial charge < -0.3 is 9.64 Å². The van der Waals surface area contributed by atoms with Gasteiger partial charge in [-0.3, -0.25) is 4.79 Å². The van der Waals surface area contributed by atoms with Crippen molar-refractivity contribution in [1.29, 1.82) is 0 Å². The summed E-state index contributed by atoms with van der Waals surface area (Å²) in [5.74, 6) is 0.514. The lowest BCUT2D eigenvalue weighted by molar-refractivity contribution is -0.145. The number of esters is 1. The van der Waals surface area contributed by atoms with Crippen LogP contribution >= 0.6 is 0 Å².